The van der Waals surface area contributed by atoms with E-state index in [-0.39, 0.29) is 29.4 Å². The minimum absolute atomic E-state index is 0.0871. The van der Waals surface area contributed by atoms with E-state index in [4.69, 9.17) is 10.5 Å². The largest absolute Gasteiger partial charge is 0.462 e. The molecular weight excluding hydrogens is 238 g/mol. The smallest absolute Gasteiger partial charge is 0.352 e. The number of nitrogens with zero attached hydrogens (tertiary/aromatic N) is 2. The molecule has 0 saturated heterocycles. The van der Waals surface area contributed by atoms with Crippen LogP contribution in [-0.4, -0.2) is 23.2 Å². The Morgan fingerprint density at radius 1 is 1.56 bits per heavy atom. The molecule has 0 aromatic heterocycles. The lowest BCUT2D eigenvalue weighted by atomic mass is 10.2. The highest BCUT2D eigenvalue weighted by Crippen LogP contribution is 2.27. The minimum atomic E-state index is -0.580. The lowest BCUT2D eigenvalue weighted by Gasteiger charge is -2.03. The van der Waals surface area contributed by atoms with Gasteiger partial charge in [0.25, 0.3) is 5.69 Å². The van der Waals surface area contributed by atoms with E-state index in [0.29, 0.717) is 0 Å². The van der Waals surface area contributed by atoms with Gasteiger partial charge < -0.3 is 10.5 Å². The van der Waals surface area contributed by atoms with Gasteiger partial charge in [-0.2, -0.15) is 0 Å². The molecule has 0 atom stereocenters. The molecule has 0 amide bonds. The normalized spacial score (nSPS) is 11.1. The molecule has 0 aliphatic rings. The summed E-state index contributed by atoms with van der Waals surface area (Å²) in [5.41, 5.74) is 6.01. The van der Waals surface area contributed by atoms with Crippen molar-refractivity contribution in [2.45, 2.75) is 13.8 Å². The third-order valence-corrected chi connectivity index (χ3v) is 2.08. The van der Waals surface area contributed by atoms with E-state index in [1.165, 1.54) is 25.1 Å². The molecule has 18 heavy (non-hydrogen) atoms. The maximum absolute atomic E-state index is 11.3. The third-order valence-electron chi connectivity index (χ3n) is 2.08. The van der Waals surface area contributed by atoms with Crippen molar-refractivity contribution in [1.82, 2.24) is 0 Å². The molecule has 2 N–H and O–H groups in total. The Bertz CT molecular complexity index is 511. The van der Waals surface area contributed by atoms with Crippen molar-refractivity contribution in [2.24, 2.45) is 4.99 Å². The van der Waals surface area contributed by atoms with Crippen molar-refractivity contribution in [2.75, 3.05) is 12.3 Å². The van der Waals surface area contributed by atoms with Crippen LogP contribution in [0.4, 0.5) is 17.1 Å². The second kappa shape index (κ2) is 5.76. The topological polar surface area (TPSA) is 108 Å². The Balaban J connectivity index is 3.09. The van der Waals surface area contributed by atoms with Crippen LogP contribution in [0, 0.1) is 10.1 Å². The number of hydrogen-bond donors (Lipinski definition) is 1. The third kappa shape index (κ3) is 3.27. The SMILES string of the molecule is CCOC(=O)C(C)=Nc1cc([N+](=O)[O-])ccc1N. The number of non-ortho nitro benzene ring substituents is 1. The van der Waals surface area contributed by atoms with Crippen LogP contribution in [0.1, 0.15) is 13.8 Å². The summed E-state index contributed by atoms with van der Waals surface area (Å²) in [5.74, 6) is -0.580. The zero-order valence-electron chi connectivity index (χ0n) is 10.0. The van der Waals surface area contributed by atoms with E-state index in [0.717, 1.165) is 0 Å². The first-order chi connectivity index (χ1) is 8.45. The number of esters is 1. The maximum Gasteiger partial charge on any atom is 0.352 e. The number of nitrogens with two attached hydrogens (primary N) is 1. The molecule has 0 aliphatic heterocycles. The van der Waals surface area contributed by atoms with E-state index >= 15 is 0 Å². The zero-order valence-corrected chi connectivity index (χ0v) is 10.0. The molecule has 0 bridgehead atoms. The summed E-state index contributed by atoms with van der Waals surface area (Å²) in [7, 11) is 0. The summed E-state index contributed by atoms with van der Waals surface area (Å²) in [4.78, 5) is 25.3. The van der Waals surface area contributed by atoms with Crippen LogP contribution in [0.15, 0.2) is 23.2 Å². The van der Waals surface area contributed by atoms with Crippen molar-refractivity contribution in [3.63, 3.8) is 0 Å². The molecule has 7 nitrogen and oxygen atoms in total. The standard InChI is InChI=1S/C11H13N3O4/c1-3-18-11(15)7(2)13-10-6-8(14(16)17)4-5-9(10)12/h4-6H,3,12H2,1-2H3. The lowest BCUT2D eigenvalue weighted by Crippen LogP contribution is -2.13. The molecule has 0 spiro atoms. The molecule has 1 aromatic carbocycles. The van der Waals surface area contributed by atoms with Gasteiger partial charge in [0, 0.05) is 12.1 Å². The Kier molecular flexibility index (Phi) is 4.36. The molecule has 0 heterocycles. The Labute approximate surface area is 103 Å². The number of anilines is 1. The molecule has 96 valence electrons. The molecule has 0 saturated carbocycles. The van der Waals surface area contributed by atoms with Crippen LogP contribution >= 0.6 is 0 Å². The predicted molar refractivity (Wildman–Crippen MR) is 66.9 cm³/mol. The maximum atomic E-state index is 11.3. The van der Waals surface area contributed by atoms with Gasteiger partial charge in [0.05, 0.1) is 22.9 Å². The summed E-state index contributed by atoms with van der Waals surface area (Å²) in [5, 5.41) is 10.6. The van der Waals surface area contributed by atoms with Gasteiger partial charge in [-0.1, -0.05) is 0 Å². The number of nitrogen functional groups attached to an aromatic ring is 1. The number of hydrogen-bond acceptors (Lipinski definition) is 6. The first-order valence-electron chi connectivity index (χ1n) is 5.22. The van der Waals surface area contributed by atoms with Gasteiger partial charge in [-0.05, 0) is 19.9 Å². The van der Waals surface area contributed by atoms with Crippen LogP contribution in [0.2, 0.25) is 0 Å². The minimum Gasteiger partial charge on any atom is -0.462 e. The summed E-state index contributed by atoms with van der Waals surface area (Å²) in [6.07, 6.45) is 0. The highest BCUT2D eigenvalue weighted by molar-refractivity contribution is 6.36. The van der Waals surface area contributed by atoms with Gasteiger partial charge in [-0.3, -0.25) is 10.1 Å². The van der Waals surface area contributed by atoms with Crippen LogP contribution in [0.3, 0.4) is 0 Å². The average Bonchev–Trinajstić information content (AvgIpc) is 2.31. The number of ether oxygens (including phenoxy) is 1. The lowest BCUT2D eigenvalue weighted by molar-refractivity contribution is -0.384. The van der Waals surface area contributed by atoms with Crippen molar-refractivity contribution < 1.29 is 14.5 Å². The van der Waals surface area contributed by atoms with Gasteiger partial charge in [0.1, 0.15) is 5.71 Å². The van der Waals surface area contributed by atoms with Crippen LogP contribution in [-0.2, 0) is 9.53 Å². The van der Waals surface area contributed by atoms with Gasteiger partial charge >= 0.3 is 5.97 Å². The first kappa shape index (κ1) is 13.6. The number of carbonyl (C=O) groups excluding carboxylic acids is 1. The number of aliphatic imine (C=N–C) groups is 1. The van der Waals surface area contributed by atoms with Crippen molar-refractivity contribution in [3.05, 3.63) is 28.3 Å². The van der Waals surface area contributed by atoms with Crippen LogP contribution in [0.25, 0.3) is 0 Å². The molecule has 1 rings (SSSR count). The first-order valence-corrected chi connectivity index (χ1v) is 5.22. The number of rotatable bonds is 4. The van der Waals surface area contributed by atoms with Crippen LogP contribution < -0.4 is 5.73 Å². The van der Waals surface area contributed by atoms with Crippen LogP contribution in [0.5, 0.6) is 0 Å². The monoisotopic (exact) mass is 251 g/mol. The second-order valence-corrected chi connectivity index (χ2v) is 3.42. The summed E-state index contributed by atoms with van der Waals surface area (Å²) < 4.78 is 4.75. The second-order valence-electron chi connectivity index (χ2n) is 3.42. The number of nitro benzene ring substituents is 1. The van der Waals surface area contributed by atoms with Gasteiger partial charge in [0.2, 0.25) is 0 Å². The van der Waals surface area contributed by atoms with E-state index in [1.54, 1.807) is 6.92 Å². The number of benzene rings is 1. The van der Waals surface area contributed by atoms with Gasteiger partial charge in [0.15, 0.2) is 0 Å². The molecular formula is C11H13N3O4. The summed E-state index contributed by atoms with van der Waals surface area (Å²) >= 11 is 0. The fourth-order valence-corrected chi connectivity index (χ4v) is 1.20. The Morgan fingerprint density at radius 2 is 2.22 bits per heavy atom. The molecule has 1 aromatic rings. The highest BCUT2D eigenvalue weighted by Gasteiger charge is 2.11. The molecule has 0 unspecified atom stereocenters. The molecule has 0 fully saturated rings. The average molecular weight is 251 g/mol. The molecule has 7 heteroatoms. The zero-order chi connectivity index (χ0) is 13.7. The number of nitro groups is 1. The predicted octanol–water partition coefficient (Wildman–Crippen LogP) is 1.83. The van der Waals surface area contributed by atoms with E-state index in [2.05, 4.69) is 4.99 Å². The molecule has 0 aliphatic carbocycles. The van der Waals surface area contributed by atoms with E-state index in [1.807, 2.05) is 0 Å². The Hall–Kier alpha value is -2.44. The summed E-state index contributed by atoms with van der Waals surface area (Å²) in [6, 6.07) is 3.85. The fraction of sp³-hybridized carbons (Fsp3) is 0.273. The van der Waals surface area contributed by atoms with E-state index < -0.39 is 10.9 Å². The Morgan fingerprint density at radius 3 is 2.78 bits per heavy atom. The van der Waals surface area contributed by atoms with Crippen molar-refractivity contribution in [3.8, 4) is 0 Å². The van der Waals surface area contributed by atoms with Gasteiger partial charge in [-0.25, -0.2) is 9.79 Å². The van der Waals surface area contributed by atoms with Gasteiger partial charge in [-0.15, -0.1) is 0 Å². The van der Waals surface area contributed by atoms with Crippen molar-refractivity contribution in [1.29, 1.82) is 0 Å². The fourth-order valence-electron chi connectivity index (χ4n) is 1.20. The summed E-state index contributed by atoms with van der Waals surface area (Å²) in [6.45, 7) is 3.36. The molecule has 0 radical (unpaired) electrons. The van der Waals surface area contributed by atoms with E-state index in [9.17, 15) is 14.9 Å². The number of carbonyl (C=O) groups is 1. The quantitative estimate of drug-likeness (QED) is 0.289. The van der Waals surface area contributed by atoms with Crippen molar-refractivity contribution >= 4 is 28.7 Å². The highest BCUT2D eigenvalue weighted by atomic mass is 16.6.